The van der Waals surface area contributed by atoms with Gasteiger partial charge in [-0.15, -0.1) is 11.3 Å². The maximum atomic E-state index is 5.50. The van der Waals surface area contributed by atoms with Crippen molar-refractivity contribution in [2.75, 3.05) is 11.9 Å². The molecular weight excluding hydrogens is 246 g/mol. The van der Waals surface area contributed by atoms with Crippen molar-refractivity contribution in [1.82, 2.24) is 0 Å². The molecule has 0 N–H and O–H groups in total. The van der Waals surface area contributed by atoms with Crippen LogP contribution in [0.5, 0.6) is 0 Å². The molecule has 84 valence electrons. The summed E-state index contributed by atoms with van der Waals surface area (Å²) in [6.07, 6.45) is 2.18. The lowest BCUT2D eigenvalue weighted by atomic mass is 10.1. The van der Waals surface area contributed by atoms with Gasteiger partial charge in [0, 0.05) is 28.7 Å². The van der Waals surface area contributed by atoms with Gasteiger partial charge in [-0.05, 0) is 23.6 Å². The molecule has 0 unspecified atom stereocenters. The van der Waals surface area contributed by atoms with Crippen molar-refractivity contribution in [3.8, 4) is 0 Å². The number of fused-ring (bicyclic) bond motifs is 1. The summed E-state index contributed by atoms with van der Waals surface area (Å²) in [6.45, 7) is 0. The molecule has 2 aromatic rings. The third-order valence-electron chi connectivity index (χ3n) is 2.92. The van der Waals surface area contributed by atoms with Gasteiger partial charge in [0.1, 0.15) is 4.99 Å². The van der Waals surface area contributed by atoms with Crippen LogP contribution in [-0.4, -0.2) is 12.0 Å². The van der Waals surface area contributed by atoms with Crippen LogP contribution >= 0.6 is 23.6 Å². The third-order valence-corrected chi connectivity index (χ3v) is 4.23. The van der Waals surface area contributed by atoms with E-state index in [1.54, 1.807) is 11.3 Å². The third kappa shape index (κ3) is 1.72. The Hall–Kier alpha value is -1.45. The molecule has 0 saturated carbocycles. The lowest BCUT2D eigenvalue weighted by molar-refractivity contribution is 1.32. The van der Waals surface area contributed by atoms with Gasteiger partial charge in [0.2, 0.25) is 0 Å². The van der Waals surface area contributed by atoms with E-state index in [0.29, 0.717) is 0 Å². The first-order valence-corrected chi connectivity index (χ1v) is 6.69. The number of para-hydroxylation sites is 1. The molecule has 0 radical (unpaired) electrons. The highest BCUT2D eigenvalue weighted by atomic mass is 32.1. The number of hydrogen-bond donors (Lipinski definition) is 0. The van der Waals surface area contributed by atoms with Crippen LogP contribution in [0, 0.1) is 0 Å². The zero-order valence-corrected chi connectivity index (χ0v) is 11.0. The largest absolute Gasteiger partial charge is 0.335 e. The Morgan fingerprint density at radius 3 is 2.76 bits per heavy atom. The van der Waals surface area contributed by atoms with Crippen molar-refractivity contribution < 1.29 is 0 Å². The van der Waals surface area contributed by atoms with Gasteiger partial charge in [-0.25, -0.2) is 0 Å². The lowest BCUT2D eigenvalue weighted by Crippen LogP contribution is -2.18. The molecule has 0 bridgehead atoms. The monoisotopic (exact) mass is 257 g/mol. The molecule has 3 heteroatoms. The van der Waals surface area contributed by atoms with E-state index in [9.17, 15) is 0 Å². The standard InChI is InChI=1S/C14H11NS2/c1-15-13-7-3-2-6-11(13)12(14(15)16)9-10-5-4-8-17-10/h2-9H,1H3/b12-9+. The van der Waals surface area contributed by atoms with Gasteiger partial charge in [-0.1, -0.05) is 36.5 Å². The fourth-order valence-corrected chi connectivity index (χ4v) is 2.98. The summed E-state index contributed by atoms with van der Waals surface area (Å²) in [5.41, 5.74) is 3.58. The summed E-state index contributed by atoms with van der Waals surface area (Å²) in [5, 5.41) is 2.08. The van der Waals surface area contributed by atoms with Gasteiger partial charge in [0.15, 0.2) is 0 Å². The first kappa shape index (κ1) is 10.7. The fraction of sp³-hybridized carbons (Fsp3) is 0.0714. The predicted octanol–water partition coefficient (Wildman–Crippen LogP) is 4.07. The van der Waals surface area contributed by atoms with Gasteiger partial charge in [0.25, 0.3) is 0 Å². The van der Waals surface area contributed by atoms with E-state index in [1.807, 2.05) is 13.1 Å². The second-order valence-electron chi connectivity index (χ2n) is 3.95. The van der Waals surface area contributed by atoms with Crippen molar-refractivity contribution in [2.45, 2.75) is 0 Å². The topological polar surface area (TPSA) is 3.24 Å². The molecule has 1 aromatic heterocycles. The summed E-state index contributed by atoms with van der Waals surface area (Å²) in [6, 6.07) is 12.5. The minimum absolute atomic E-state index is 0.902. The van der Waals surface area contributed by atoms with Crippen LogP contribution in [0.3, 0.4) is 0 Å². The number of rotatable bonds is 1. The molecule has 0 saturated heterocycles. The molecule has 17 heavy (non-hydrogen) atoms. The minimum atomic E-state index is 0.902. The maximum Gasteiger partial charge on any atom is 0.114 e. The zero-order valence-electron chi connectivity index (χ0n) is 9.38. The van der Waals surface area contributed by atoms with Crippen LogP contribution in [0.25, 0.3) is 11.6 Å². The Kier molecular flexibility index (Phi) is 2.57. The highest BCUT2D eigenvalue weighted by Gasteiger charge is 2.25. The van der Waals surface area contributed by atoms with Crippen LogP contribution in [0.4, 0.5) is 5.69 Å². The Bertz CT molecular complexity index is 596. The summed E-state index contributed by atoms with van der Waals surface area (Å²) < 4.78 is 0. The van der Waals surface area contributed by atoms with Crippen molar-refractivity contribution in [3.63, 3.8) is 0 Å². The number of benzene rings is 1. The Morgan fingerprint density at radius 2 is 2.00 bits per heavy atom. The van der Waals surface area contributed by atoms with Crippen molar-refractivity contribution >= 4 is 45.9 Å². The van der Waals surface area contributed by atoms with E-state index in [0.717, 1.165) is 10.6 Å². The first-order chi connectivity index (χ1) is 8.27. The predicted molar refractivity (Wildman–Crippen MR) is 79.6 cm³/mol. The quantitative estimate of drug-likeness (QED) is 0.560. The average Bonchev–Trinajstić information content (AvgIpc) is 2.94. The van der Waals surface area contributed by atoms with Crippen molar-refractivity contribution in [1.29, 1.82) is 0 Å². The van der Waals surface area contributed by atoms with E-state index in [4.69, 9.17) is 12.2 Å². The molecule has 1 aliphatic rings. The summed E-state index contributed by atoms with van der Waals surface area (Å²) in [4.78, 5) is 4.22. The minimum Gasteiger partial charge on any atom is -0.335 e. The van der Waals surface area contributed by atoms with E-state index >= 15 is 0 Å². The van der Waals surface area contributed by atoms with Crippen molar-refractivity contribution in [3.05, 3.63) is 52.2 Å². The molecule has 0 amide bonds. The lowest BCUT2D eigenvalue weighted by Gasteiger charge is -2.10. The van der Waals surface area contributed by atoms with Crippen LogP contribution in [0.2, 0.25) is 0 Å². The van der Waals surface area contributed by atoms with Crippen LogP contribution < -0.4 is 4.90 Å². The first-order valence-electron chi connectivity index (χ1n) is 5.40. The summed E-state index contributed by atoms with van der Waals surface area (Å²) >= 11 is 7.24. The molecule has 1 aromatic carbocycles. The zero-order chi connectivity index (χ0) is 11.8. The summed E-state index contributed by atoms with van der Waals surface area (Å²) in [5.74, 6) is 0. The fourth-order valence-electron chi connectivity index (χ4n) is 2.05. The van der Waals surface area contributed by atoms with Gasteiger partial charge < -0.3 is 4.90 Å². The SMILES string of the molecule is CN1C(=S)/C(=C/c2cccs2)c2ccccc21. The van der Waals surface area contributed by atoms with E-state index < -0.39 is 0 Å². The number of thiophene rings is 1. The van der Waals surface area contributed by atoms with E-state index in [2.05, 4.69) is 46.7 Å². The molecule has 1 aliphatic heterocycles. The van der Waals surface area contributed by atoms with Gasteiger partial charge in [-0.2, -0.15) is 0 Å². The maximum absolute atomic E-state index is 5.50. The average molecular weight is 257 g/mol. The van der Waals surface area contributed by atoms with Crippen molar-refractivity contribution in [2.24, 2.45) is 0 Å². The van der Waals surface area contributed by atoms with E-state index in [-0.39, 0.29) is 0 Å². The van der Waals surface area contributed by atoms with Gasteiger partial charge in [0.05, 0.1) is 0 Å². The number of nitrogens with zero attached hydrogens (tertiary/aromatic N) is 1. The molecule has 0 spiro atoms. The molecule has 1 nitrogen and oxygen atoms in total. The van der Waals surface area contributed by atoms with Crippen LogP contribution in [0.1, 0.15) is 10.4 Å². The second kappa shape index (κ2) is 4.09. The number of thiocarbonyl (C=S) groups is 1. The Balaban J connectivity index is 2.16. The van der Waals surface area contributed by atoms with E-state index in [1.165, 1.54) is 16.1 Å². The Morgan fingerprint density at radius 1 is 1.18 bits per heavy atom. The highest BCUT2D eigenvalue weighted by molar-refractivity contribution is 7.81. The Labute approximate surface area is 110 Å². The molecule has 2 heterocycles. The summed E-state index contributed by atoms with van der Waals surface area (Å²) in [7, 11) is 2.02. The normalized spacial score (nSPS) is 16.6. The number of likely N-dealkylation sites (N-methyl/N-ethyl adjacent to an activating group) is 1. The van der Waals surface area contributed by atoms with Crippen LogP contribution in [0.15, 0.2) is 41.8 Å². The van der Waals surface area contributed by atoms with Crippen LogP contribution in [-0.2, 0) is 0 Å². The number of hydrogen-bond acceptors (Lipinski definition) is 2. The molecule has 0 fully saturated rings. The van der Waals surface area contributed by atoms with Gasteiger partial charge >= 0.3 is 0 Å². The smallest absolute Gasteiger partial charge is 0.114 e. The molecule has 0 atom stereocenters. The highest BCUT2D eigenvalue weighted by Crippen LogP contribution is 2.37. The molecular formula is C14H11NS2. The van der Waals surface area contributed by atoms with Gasteiger partial charge in [-0.3, -0.25) is 0 Å². The second-order valence-corrected chi connectivity index (χ2v) is 5.32. The number of anilines is 1. The molecule has 3 rings (SSSR count). The molecule has 0 aliphatic carbocycles.